The molecule has 33 heavy (non-hydrogen) atoms. The molecule has 0 saturated heterocycles. The van der Waals surface area contributed by atoms with E-state index >= 15 is 0 Å². The maximum absolute atomic E-state index is 8.73. The molecule has 0 saturated carbocycles. The molecule has 164 valence electrons. The molecular formula is C23H19N7O3. The summed E-state index contributed by atoms with van der Waals surface area (Å²) in [6.07, 6.45) is 2.91. The molecule has 10 nitrogen and oxygen atoms in total. The Labute approximate surface area is 188 Å². The second-order valence-corrected chi connectivity index (χ2v) is 7.33. The normalized spacial score (nSPS) is 11.2. The van der Waals surface area contributed by atoms with Crippen LogP contribution in [0.15, 0.2) is 53.2 Å². The van der Waals surface area contributed by atoms with Crippen molar-refractivity contribution < 1.29 is 14.0 Å². The van der Waals surface area contributed by atoms with Crippen molar-refractivity contribution in [2.75, 3.05) is 7.11 Å². The summed E-state index contributed by atoms with van der Waals surface area (Å²) >= 11 is 0. The summed E-state index contributed by atoms with van der Waals surface area (Å²) in [4.78, 5) is 4.44. The number of nitrogens with zero attached hydrogens (tertiary/aromatic N) is 7. The van der Waals surface area contributed by atoms with Crippen LogP contribution in [0.2, 0.25) is 0 Å². The van der Waals surface area contributed by atoms with Crippen LogP contribution in [0.1, 0.15) is 23.4 Å². The van der Waals surface area contributed by atoms with Gasteiger partial charge in [-0.3, -0.25) is 4.98 Å². The molecule has 0 unspecified atom stereocenters. The summed E-state index contributed by atoms with van der Waals surface area (Å²) in [5.41, 5.74) is 2.85. The topological polar surface area (TPSA) is 124 Å². The fourth-order valence-corrected chi connectivity index (χ4v) is 3.48. The number of benzene rings is 1. The number of methoxy groups -OCH3 is 1. The van der Waals surface area contributed by atoms with Crippen molar-refractivity contribution in [3.63, 3.8) is 0 Å². The lowest BCUT2D eigenvalue weighted by Gasteiger charge is -2.09. The van der Waals surface area contributed by atoms with Gasteiger partial charge in [-0.15, -0.1) is 15.3 Å². The molecule has 5 rings (SSSR count). The molecule has 0 aliphatic rings. The molecule has 0 bridgehead atoms. The Morgan fingerprint density at radius 1 is 1.09 bits per heavy atom. The SMILES string of the molecule is COCc1cc(-c2nnc3c4ccccc4c(OCc4ccc(CCC#N)cn4)nn23)no1. The number of fused-ring (bicyclic) bond motifs is 3. The number of hydrogen-bond donors (Lipinski definition) is 0. The number of aryl methyl sites for hydroxylation is 1. The van der Waals surface area contributed by atoms with Gasteiger partial charge >= 0.3 is 0 Å². The third kappa shape index (κ3) is 4.09. The molecule has 10 heteroatoms. The summed E-state index contributed by atoms with van der Waals surface area (Å²) in [5.74, 6) is 1.44. The molecule has 4 aromatic heterocycles. The van der Waals surface area contributed by atoms with Gasteiger partial charge in [0.2, 0.25) is 11.7 Å². The third-order valence-corrected chi connectivity index (χ3v) is 5.07. The van der Waals surface area contributed by atoms with Crippen LogP contribution in [0.5, 0.6) is 5.88 Å². The van der Waals surface area contributed by atoms with E-state index in [0.29, 0.717) is 48.3 Å². The molecule has 0 spiro atoms. The first-order chi connectivity index (χ1) is 16.3. The smallest absolute Gasteiger partial charge is 0.240 e. The van der Waals surface area contributed by atoms with Crippen LogP contribution in [0.25, 0.3) is 27.9 Å². The Balaban J connectivity index is 1.49. The van der Waals surface area contributed by atoms with Crippen molar-refractivity contribution in [1.29, 1.82) is 5.26 Å². The van der Waals surface area contributed by atoms with Gasteiger partial charge in [0.05, 0.1) is 11.8 Å². The maximum Gasteiger partial charge on any atom is 0.240 e. The Kier molecular flexibility index (Phi) is 5.61. The minimum Gasteiger partial charge on any atom is -0.470 e. The fraction of sp³-hybridized carbons (Fsp3) is 0.217. The Bertz CT molecular complexity index is 1450. The van der Waals surface area contributed by atoms with Gasteiger partial charge in [0.1, 0.15) is 13.2 Å². The van der Waals surface area contributed by atoms with Crippen LogP contribution in [0.4, 0.5) is 0 Å². The fourth-order valence-electron chi connectivity index (χ4n) is 3.48. The zero-order valence-electron chi connectivity index (χ0n) is 17.8. The molecule has 0 aliphatic heterocycles. The van der Waals surface area contributed by atoms with E-state index in [2.05, 4.69) is 31.5 Å². The first kappa shape index (κ1) is 20.5. The standard InChI is InChI=1S/C23H19N7O3/c1-31-14-17-11-20(29-33-17)22-27-26-21-18-6-2-3-7-19(18)23(28-30(21)22)32-13-16-9-8-15(12-25-16)5-4-10-24/h2-3,6-9,11-12H,4-5,13-14H2,1H3. The van der Waals surface area contributed by atoms with E-state index in [-0.39, 0.29) is 6.61 Å². The van der Waals surface area contributed by atoms with Gasteiger partial charge in [-0.25, -0.2) is 0 Å². The molecular weight excluding hydrogens is 422 g/mol. The number of rotatable bonds is 8. The largest absolute Gasteiger partial charge is 0.470 e. The Morgan fingerprint density at radius 2 is 1.97 bits per heavy atom. The average molecular weight is 441 g/mol. The van der Waals surface area contributed by atoms with E-state index in [9.17, 15) is 0 Å². The van der Waals surface area contributed by atoms with Gasteiger partial charge < -0.3 is 14.0 Å². The predicted molar refractivity (Wildman–Crippen MR) is 117 cm³/mol. The average Bonchev–Trinajstić information content (AvgIpc) is 3.49. The highest BCUT2D eigenvalue weighted by atomic mass is 16.5. The van der Waals surface area contributed by atoms with Gasteiger partial charge in [-0.1, -0.05) is 29.4 Å². The minimum atomic E-state index is 0.237. The highest BCUT2D eigenvalue weighted by molar-refractivity contribution is 5.96. The van der Waals surface area contributed by atoms with Crippen molar-refractivity contribution in [1.82, 2.24) is 30.0 Å². The van der Waals surface area contributed by atoms with E-state index in [1.165, 1.54) is 0 Å². The van der Waals surface area contributed by atoms with Crippen molar-refractivity contribution in [3.8, 4) is 23.5 Å². The van der Waals surface area contributed by atoms with E-state index in [1.54, 1.807) is 23.9 Å². The van der Waals surface area contributed by atoms with Gasteiger partial charge in [0.15, 0.2) is 17.1 Å². The zero-order valence-corrected chi connectivity index (χ0v) is 17.8. The van der Waals surface area contributed by atoms with E-state index in [4.69, 9.17) is 19.3 Å². The minimum absolute atomic E-state index is 0.237. The first-order valence-corrected chi connectivity index (χ1v) is 10.3. The number of ether oxygens (including phenoxy) is 2. The highest BCUT2D eigenvalue weighted by Gasteiger charge is 2.19. The second-order valence-electron chi connectivity index (χ2n) is 7.33. The van der Waals surface area contributed by atoms with E-state index in [0.717, 1.165) is 22.0 Å². The Morgan fingerprint density at radius 3 is 2.76 bits per heavy atom. The van der Waals surface area contributed by atoms with Crippen LogP contribution in [-0.4, -0.2) is 37.1 Å². The summed E-state index contributed by atoms with van der Waals surface area (Å²) in [6, 6.07) is 15.5. The summed E-state index contributed by atoms with van der Waals surface area (Å²) in [7, 11) is 1.58. The lowest BCUT2D eigenvalue weighted by Crippen LogP contribution is -2.04. The molecule has 0 N–H and O–H groups in total. The predicted octanol–water partition coefficient (Wildman–Crippen LogP) is 3.51. The second kappa shape index (κ2) is 9.02. The van der Waals surface area contributed by atoms with Gasteiger partial charge in [-0.2, -0.15) is 9.78 Å². The van der Waals surface area contributed by atoms with Gasteiger partial charge in [0.25, 0.3) is 0 Å². The monoisotopic (exact) mass is 441 g/mol. The van der Waals surface area contributed by atoms with Crippen molar-refractivity contribution in [3.05, 3.63) is 65.7 Å². The number of aromatic nitrogens is 6. The molecule has 0 amide bonds. The van der Waals surface area contributed by atoms with Gasteiger partial charge in [-0.05, 0) is 24.1 Å². The van der Waals surface area contributed by atoms with Crippen molar-refractivity contribution in [2.45, 2.75) is 26.1 Å². The van der Waals surface area contributed by atoms with Crippen molar-refractivity contribution >= 4 is 16.4 Å². The van der Waals surface area contributed by atoms with Crippen LogP contribution in [0, 0.1) is 11.3 Å². The van der Waals surface area contributed by atoms with Gasteiger partial charge in [0, 0.05) is 36.6 Å². The van der Waals surface area contributed by atoms with E-state index < -0.39 is 0 Å². The molecule has 0 aliphatic carbocycles. The van der Waals surface area contributed by atoms with Crippen LogP contribution in [-0.2, 0) is 24.4 Å². The van der Waals surface area contributed by atoms with E-state index in [1.807, 2.05) is 36.4 Å². The number of hydrogen-bond acceptors (Lipinski definition) is 9. The molecule has 0 atom stereocenters. The maximum atomic E-state index is 8.73. The number of nitriles is 1. The van der Waals surface area contributed by atoms with Crippen molar-refractivity contribution in [2.24, 2.45) is 0 Å². The number of pyridine rings is 1. The van der Waals surface area contributed by atoms with Crippen LogP contribution in [0.3, 0.4) is 0 Å². The molecule has 1 aromatic carbocycles. The summed E-state index contributed by atoms with van der Waals surface area (Å²) in [6.45, 7) is 0.539. The lowest BCUT2D eigenvalue weighted by molar-refractivity contribution is 0.156. The Hall–Kier alpha value is -4.36. The quantitative estimate of drug-likeness (QED) is 0.356. The molecule has 5 aromatic rings. The summed E-state index contributed by atoms with van der Waals surface area (Å²) < 4.78 is 18.1. The lowest BCUT2D eigenvalue weighted by atomic mass is 10.1. The van der Waals surface area contributed by atoms with Crippen LogP contribution >= 0.6 is 0 Å². The molecule has 0 fully saturated rings. The molecule has 0 radical (unpaired) electrons. The zero-order chi connectivity index (χ0) is 22.6. The molecule has 4 heterocycles. The summed E-state index contributed by atoms with van der Waals surface area (Å²) in [5, 5.41) is 27.7. The third-order valence-electron chi connectivity index (χ3n) is 5.07. The highest BCUT2D eigenvalue weighted by Crippen LogP contribution is 2.29. The first-order valence-electron chi connectivity index (χ1n) is 10.3. The van der Waals surface area contributed by atoms with Crippen LogP contribution < -0.4 is 4.74 Å².